The molecule has 1 aliphatic heterocycles. The summed E-state index contributed by atoms with van der Waals surface area (Å²) in [6, 6.07) is 38.4. The van der Waals surface area contributed by atoms with Crippen LogP contribution < -0.4 is 9.47 Å². The lowest BCUT2D eigenvalue weighted by molar-refractivity contribution is 0.360. The van der Waals surface area contributed by atoms with Crippen LogP contribution in [-0.2, 0) is 11.8 Å². The Labute approximate surface area is 211 Å². The average Bonchev–Trinajstić information content (AvgIpc) is 3.15. The van der Waals surface area contributed by atoms with E-state index in [0.717, 1.165) is 40.5 Å². The van der Waals surface area contributed by atoms with Gasteiger partial charge < -0.3 is 9.47 Å². The number of benzene rings is 5. The topological polar surface area (TPSA) is 18.5 Å². The SMILES string of the molecule is CC1(C)c2ccccc2-c2c1ccc1c2Oc2cc(-c3cccc(Cc4ccccc4)c3)ccc2O1. The zero-order valence-electron chi connectivity index (χ0n) is 20.4. The molecule has 0 aromatic heterocycles. The van der Waals surface area contributed by atoms with Gasteiger partial charge in [-0.2, -0.15) is 0 Å². The molecule has 0 atom stereocenters. The third-order valence-electron chi connectivity index (χ3n) is 7.55. The van der Waals surface area contributed by atoms with Crippen molar-refractivity contribution in [2.24, 2.45) is 0 Å². The average molecular weight is 467 g/mol. The van der Waals surface area contributed by atoms with Gasteiger partial charge in [-0.25, -0.2) is 0 Å². The second kappa shape index (κ2) is 7.86. The maximum atomic E-state index is 6.63. The molecule has 0 fully saturated rings. The van der Waals surface area contributed by atoms with Crippen molar-refractivity contribution in [1.82, 2.24) is 0 Å². The monoisotopic (exact) mass is 466 g/mol. The van der Waals surface area contributed by atoms with Crippen LogP contribution in [0.15, 0.2) is 109 Å². The molecule has 36 heavy (non-hydrogen) atoms. The molecule has 1 heterocycles. The van der Waals surface area contributed by atoms with Crippen LogP contribution in [0.1, 0.15) is 36.1 Å². The van der Waals surface area contributed by atoms with E-state index in [1.807, 2.05) is 12.1 Å². The number of fused-ring (bicyclic) bond motifs is 6. The Morgan fingerprint density at radius 3 is 2.19 bits per heavy atom. The highest BCUT2D eigenvalue weighted by molar-refractivity contribution is 5.88. The largest absolute Gasteiger partial charge is 0.449 e. The van der Waals surface area contributed by atoms with Gasteiger partial charge in [0.05, 0.1) is 0 Å². The Hall–Kier alpha value is -4.30. The van der Waals surface area contributed by atoms with Gasteiger partial charge in [-0.15, -0.1) is 0 Å². The fourth-order valence-corrected chi connectivity index (χ4v) is 5.70. The number of rotatable bonds is 3. The van der Waals surface area contributed by atoms with Crippen LogP contribution in [-0.4, -0.2) is 0 Å². The third-order valence-corrected chi connectivity index (χ3v) is 7.55. The predicted molar refractivity (Wildman–Crippen MR) is 145 cm³/mol. The normalized spacial score (nSPS) is 14.1. The molecule has 0 N–H and O–H groups in total. The van der Waals surface area contributed by atoms with E-state index in [4.69, 9.17) is 9.47 Å². The summed E-state index contributed by atoms with van der Waals surface area (Å²) in [5.74, 6) is 3.08. The molecule has 0 saturated carbocycles. The first-order chi connectivity index (χ1) is 17.6. The zero-order chi connectivity index (χ0) is 24.3. The van der Waals surface area contributed by atoms with Crippen LogP contribution in [0.5, 0.6) is 23.0 Å². The Bertz CT molecular complexity index is 1630. The Kier molecular flexibility index (Phi) is 4.59. The summed E-state index contributed by atoms with van der Waals surface area (Å²) in [5, 5.41) is 0. The molecule has 174 valence electrons. The molecule has 2 aliphatic rings. The van der Waals surface area contributed by atoms with Crippen LogP contribution >= 0.6 is 0 Å². The van der Waals surface area contributed by atoms with Crippen LogP contribution in [0.25, 0.3) is 22.3 Å². The molecule has 2 nitrogen and oxygen atoms in total. The van der Waals surface area contributed by atoms with Crippen molar-refractivity contribution >= 4 is 0 Å². The second-order valence-corrected chi connectivity index (χ2v) is 10.2. The van der Waals surface area contributed by atoms with E-state index in [0.29, 0.717) is 0 Å². The highest BCUT2D eigenvalue weighted by Gasteiger charge is 2.39. The van der Waals surface area contributed by atoms with E-state index in [-0.39, 0.29) is 5.41 Å². The van der Waals surface area contributed by atoms with Crippen LogP contribution in [0.2, 0.25) is 0 Å². The molecular weight excluding hydrogens is 440 g/mol. The third kappa shape index (κ3) is 3.25. The summed E-state index contributed by atoms with van der Waals surface area (Å²) >= 11 is 0. The molecule has 0 radical (unpaired) electrons. The Morgan fingerprint density at radius 2 is 1.31 bits per heavy atom. The zero-order valence-corrected chi connectivity index (χ0v) is 20.4. The molecule has 1 aliphatic carbocycles. The minimum absolute atomic E-state index is 0.0777. The quantitative estimate of drug-likeness (QED) is 0.259. The molecule has 0 spiro atoms. The van der Waals surface area contributed by atoms with E-state index in [9.17, 15) is 0 Å². The molecule has 0 bridgehead atoms. The van der Waals surface area contributed by atoms with Gasteiger partial charge in [-0.3, -0.25) is 0 Å². The van der Waals surface area contributed by atoms with Crippen molar-refractivity contribution in [2.75, 3.05) is 0 Å². The Balaban J connectivity index is 1.27. The highest BCUT2D eigenvalue weighted by Crippen LogP contribution is 2.58. The summed E-state index contributed by atoms with van der Waals surface area (Å²) < 4.78 is 13.0. The smallest absolute Gasteiger partial charge is 0.178 e. The van der Waals surface area contributed by atoms with Crippen molar-refractivity contribution in [3.05, 3.63) is 131 Å². The van der Waals surface area contributed by atoms with Crippen molar-refractivity contribution in [1.29, 1.82) is 0 Å². The first-order valence-corrected chi connectivity index (χ1v) is 12.5. The predicted octanol–water partition coefficient (Wildman–Crippen LogP) is 9.15. The van der Waals surface area contributed by atoms with Crippen molar-refractivity contribution in [3.63, 3.8) is 0 Å². The Morgan fingerprint density at radius 1 is 0.556 bits per heavy atom. The number of hydrogen-bond donors (Lipinski definition) is 0. The lowest BCUT2D eigenvalue weighted by atomic mass is 9.82. The van der Waals surface area contributed by atoms with Gasteiger partial charge in [0.1, 0.15) is 0 Å². The fourth-order valence-electron chi connectivity index (χ4n) is 5.70. The van der Waals surface area contributed by atoms with Crippen LogP contribution in [0.4, 0.5) is 0 Å². The van der Waals surface area contributed by atoms with Gasteiger partial charge in [-0.1, -0.05) is 105 Å². The van der Waals surface area contributed by atoms with Gasteiger partial charge in [-0.05, 0) is 63.6 Å². The molecular formula is C34H26O2. The van der Waals surface area contributed by atoms with Gasteiger partial charge in [0.25, 0.3) is 0 Å². The number of ether oxygens (including phenoxy) is 2. The molecule has 7 rings (SSSR count). The fraction of sp³-hybridized carbons (Fsp3) is 0.118. The first-order valence-electron chi connectivity index (χ1n) is 12.5. The van der Waals surface area contributed by atoms with Gasteiger partial charge >= 0.3 is 0 Å². The summed E-state index contributed by atoms with van der Waals surface area (Å²) in [4.78, 5) is 0. The molecule has 5 aromatic carbocycles. The van der Waals surface area contributed by atoms with E-state index in [1.54, 1.807) is 0 Å². The molecule has 0 amide bonds. The number of hydrogen-bond acceptors (Lipinski definition) is 2. The van der Waals surface area contributed by atoms with Crippen molar-refractivity contribution in [3.8, 4) is 45.3 Å². The summed E-state index contributed by atoms with van der Waals surface area (Å²) in [6.07, 6.45) is 0.911. The van der Waals surface area contributed by atoms with E-state index in [2.05, 4.69) is 111 Å². The van der Waals surface area contributed by atoms with Crippen molar-refractivity contribution < 1.29 is 9.47 Å². The summed E-state index contributed by atoms with van der Waals surface area (Å²) in [5.41, 5.74) is 9.78. The molecule has 0 unspecified atom stereocenters. The van der Waals surface area contributed by atoms with Gasteiger partial charge in [0.15, 0.2) is 23.0 Å². The van der Waals surface area contributed by atoms with Gasteiger partial charge in [0, 0.05) is 11.0 Å². The maximum absolute atomic E-state index is 6.63. The van der Waals surface area contributed by atoms with Crippen LogP contribution in [0, 0.1) is 0 Å². The second-order valence-electron chi connectivity index (χ2n) is 10.2. The van der Waals surface area contributed by atoms with Crippen molar-refractivity contribution in [2.45, 2.75) is 25.7 Å². The molecule has 2 heteroatoms. The lowest BCUT2D eigenvalue weighted by Gasteiger charge is -2.25. The van der Waals surface area contributed by atoms with E-state index in [1.165, 1.54) is 33.4 Å². The summed E-state index contributed by atoms with van der Waals surface area (Å²) in [6.45, 7) is 4.56. The van der Waals surface area contributed by atoms with Crippen LogP contribution in [0.3, 0.4) is 0 Å². The highest BCUT2D eigenvalue weighted by atomic mass is 16.6. The molecule has 5 aromatic rings. The minimum atomic E-state index is -0.0777. The lowest BCUT2D eigenvalue weighted by Crippen LogP contribution is -2.15. The first kappa shape index (κ1) is 21.0. The molecule has 0 saturated heterocycles. The maximum Gasteiger partial charge on any atom is 0.178 e. The standard InChI is InChI=1S/C34H26O2/c1-34(2)27-14-7-6-13-26(27)32-28(34)16-18-30-33(32)36-31-21-25(15-17-29(31)35-30)24-12-8-11-23(20-24)19-22-9-4-3-5-10-22/h3-18,20-21H,19H2,1-2H3. The van der Waals surface area contributed by atoms with Gasteiger partial charge in [0.2, 0.25) is 0 Å². The van der Waals surface area contributed by atoms with E-state index < -0.39 is 0 Å². The minimum Gasteiger partial charge on any atom is -0.449 e. The van der Waals surface area contributed by atoms with E-state index >= 15 is 0 Å². The summed E-state index contributed by atoms with van der Waals surface area (Å²) in [7, 11) is 0.